The van der Waals surface area contributed by atoms with Crippen LogP contribution in [0.1, 0.15) is 226 Å². The van der Waals surface area contributed by atoms with Gasteiger partial charge in [0.2, 0.25) is 30.1 Å². The Kier molecular flexibility index (Phi) is 108. The molecule has 0 bridgehead atoms. The summed E-state index contributed by atoms with van der Waals surface area (Å²) in [4.78, 5) is 18.6. The summed E-state index contributed by atoms with van der Waals surface area (Å²) >= 11 is 0. The van der Waals surface area contributed by atoms with Crippen LogP contribution in [-0.2, 0) is 111 Å². The molecule has 5 aliphatic heterocycles. The number of nitrogens with zero attached hydrogens (tertiary/aromatic N) is 10. The average molecular weight is 2030 g/mol. The van der Waals surface area contributed by atoms with Gasteiger partial charge in [0.15, 0.2) is 0 Å². The first-order chi connectivity index (χ1) is 64.2. The third-order valence-corrected chi connectivity index (χ3v) is 24.3. The van der Waals surface area contributed by atoms with Crippen molar-refractivity contribution < 1.29 is 106 Å². The molecule has 1 N–H and O–H groups in total. The molecular formula is C99H221N11O23S3. The summed E-state index contributed by atoms with van der Waals surface area (Å²) in [5, 5.41) is 0. The predicted molar refractivity (Wildman–Crippen MR) is 563 cm³/mol. The minimum Gasteiger partial charge on any atom is -0.379 e. The fraction of sp³-hybridized carbons (Fsp3) is 1.00. The van der Waals surface area contributed by atoms with E-state index in [0.717, 1.165) is 223 Å². The highest BCUT2D eigenvalue weighted by Gasteiger charge is 2.26. The Morgan fingerprint density at radius 1 is 0.287 bits per heavy atom. The third-order valence-electron chi connectivity index (χ3n) is 19.6. The SMILES string of the molecule is CC(C)OCCCN1CCOCC1.CC(C)OCCCS(=O)(=O)N1CCN(C)CC1.CC(C)OCCCS(=O)(=O)N1CCOCC1.CC(C)OCCN(C)C.CC(C)OCCN1CCN(C)CC1.CC(C)OCCN1CCOCC1.CC(C)OCCOCCNS(C)(=O)=O.CCCOC(C)C.CCCOCCOC(C)C.CCN(CC)CCOC(C)C.CCN(CC)CCOCCOC(C)C. The molecule has 0 unspecified atom stereocenters. The summed E-state index contributed by atoms with van der Waals surface area (Å²) in [6.07, 6.45) is 8.97. The Bertz CT molecular complexity index is 2720. The van der Waals surface area contributed by atoms with Crippen LogP contribution in [0.15, 0.2) is 0 Å². The average Bonchev–Trinajstić information content (AvgIpc) is 0.833. The monoisotopic (exact) mass is 2030 g/mol. The maximum Gasteiger partial charge on any atom is 0.214 e. The van der Waals surface area contributed by atoms with E-state index in [9.17, 15) is 25.3 Å². The second-order valence-electron chi connectivity index (χ2n) is 36.9. The smallest absolute Gasteiger partial charge is 0.214 e. The van der Waals surface area contributed by atoms with Crippen molar-refractivity contribution in [2.24, 2.45) is 0 Å². The van der Waals surface area contributed by atoms with Crippen LogP contribution in [0.3, 0.4) is 0 Å². The van der Waals surface area contributed by atoms with Crippen LogP contribution in [0.2, 0.25) is 0 Å². The number of rotatable bonds is 61. The van der Waals surface area contributed by atoms with Crippen molar-refractivity contribution in [3.8, 4) is 0 Å². The first-order valence-corrected chi connectivity index (χ1v) is 57.1. The second-order valence-corrected chi connectivity index (χ2v) is 42.9. The molecule has 34 nitrogen and oxygen atoms in total. The van der Waals surface area contributed by atoms with Crippen LogP contribution < -0.4 is 4.72 Å². The minimum absolute atomic E-state index is 0.158. The molecule has 0 aliphatic carbocycles. The number of piperazine rings is 2. The molecular weight excluding hydrogens is 1810 g/mol. The molecule has 5 rings (SSSR count). The summed E-state index contributed by atoms with van der Waals surface area (Å²) in [5.41, 5.74) is 0. The minimum atomic E-state index is -3.11. The number of nitrogens with one attached hydrogen (secondary N) is 1. The van der Waals surface area contributed by atoms with Crippen LogP contribution in [0, 0.1) is 0 Å². The Hall–Kier alpha value is -1.27. The summed E-state index contributed by atoms with van der Waals surface area (Å²) < 4.78 is 165. The van der Waals surface area contributed by atoms with Crippen molar-refractivity contribution in [3.63, 3.8) is 0 Å². The van der Waals surface area contributed by atoms with E-state index in [4.69, 9.17) is 80.5 Å². The molecule has 0 saturated carbocycles. The molecule has 5 saturated heterocycles. The summed E-state index contributed by atoms with van der Waals surface area (Å²) in [7, 11) is -0.990. The molecule has 0 aromatic heterocycles. The van der Waals surface area contributed by atoms with Crippen LogP contribution in [0.5, 0.6) is 0 Å². The highest BCUT2D eigenvalue weighted by molar-refractivity contribution is 7.89. The highest BCUT2D eigenvalue weighted by atomic mass is 32.2. The van der Waals surface area contributed by atoms with Crippen LogP contribution >= 0.6 is 0 Å². The van der Waals surface area contributed by atoms with Crippen LogP contribution in [-0.4, -0.2) is 502 Å². The standard InChI is InChI=1S/C11H24N2O3S.C11H25NO2.C10H22N2O.C10H21NO4S.C10H21NO2.C9H19NO2.C9H21NO.C8H19NO4S.C8H18O2.C7H17NO.C6H14O/c1-11(2)16-9-4-10-17(14,15)13-7-5-12(3)6-8-13;1-5-12(6-2)7-8-13-9-10-14-11(3)4;1-10(2)13-9-8-12-6-4-11(3)5-7-12;1-10(2)15-6-3-9-16(12,13)11-4-7-14-8-5-11;1-10(2)13-7-3-4-11-5-8-12-9-6-11;1-9(2)12-8-5-10-3-6-11-7-4-10;1-5-10(6-2)7-8-11-9(3)4;1-8(2)13-7-6-12-5-4-9-14(3,10)11;1-4-5-9-6-7-10-8(2)3;1-7(2)9-6-5-8(3)4;1-4-5-7-6(2)3/h11H,4-10H2,1-3H3;11H,5-10H2,1-4H3;10H,4-9H2,1-3H3;10H,3-9H2,1-2H3;10H,3-9H2,1-2H3;9H,3-8H2,1-2H3;9H,5-8H2,1-4H3;8-9H,4-7H2,1-3H3;8H,4-7H2,1-3H3;7H,5-6H2,1-4H3;6H,4-5H2,1-3H3. The van der Waals surface area contributed by atoms with E-state index < -0.39 is 30.1 Å². The van der Waals surface area contributed by atoms with Gasteiger partial charge in [0, 0.05) is 170 Å². The van der Waals surface area contributed by atoms with Gasteiger partial charge >= 0.3 is 0 Å². The summed E-state index contributed by atoms with van der Waals surface area (Å²) in [6.45, 7) is 98.3. The number of hydrogen-bond acceptors (Lipinski definition) is 31. The fourth-order valence-electron chi connectivity index (χ4n) is 11.7. The lowest BCUT2D eigenvalue weighted by Gasteiger charge is -2.32. The van der Waals surface area contributed by atoms with Crippen molar-refractivity contribution in [1.82, 2.24) is 52.5 Å². The van der Waals surface area contributed by atoms with Gasteiger partial charge in [-0.1, -0.05) is 41.5 Å². The molecule has 0 radical (unpaired) electrons. The van der Waals surface area contributed by atoms with Crippen LogP contribution in [0.25, 0.3) is 0 Å². The molecule has 5 fully saturated rings. The van der Waals surface area contributed by atoms with Crippen molar-refractivity contribution in [3.05, 3.63) is 0 Å². The third kappa shape index (κ3) is 116. The zero-order valence-electron chi connectivity index (χ0n) is 93.8. The molecule has 37 heteroatoms. The number of hydrogen-bond donors (Lipinski definition) is 1. The summed E-state index contributed by atoms with van der Waals surface area (Å²) in [6, 6.07) is 0. The van der Waals surface area contributed by atoms with Gasteiger partial charge in [-0.25, -0.2) is 30.0 Å². The fourth-order valence-corrected chi connectivity index (χ4v) is 15.1. The van der Waals surface area contributed by atoms with Gasteiger partial charge in [-0.15, -0.1) is 0 Å². The molecule has 0 aromatic rings. The number of morpholine rings is 3. The number of ether oxygens (including phenoxy) is 17. The Labute approximate surface area is 838 Å². The molecule has 0 amide bonds. The van der Waals surface area contributed by atoms with Gasteiger partial charge < -0.3 is 105 Å². The van der Waals surface area contributed by atoms with E-state index in [2.05, 4.69) is 176 Å². The molecule has 0 spiro atoms. The summed E-state index contributed by atoms with van der Waals surface area (Å²) in [5.74, 6) is 0.364. The zero-order chi connectivity index (χ0) is 104. The van der Waals surface area contributed by atoms with Crippen molar-refractivity contribution >= 4 is 30.1 Å². The lowest BCUT2D eigenvalue weighted by Crippen LogP contribution is -2.47. The predicted octanol–water partition coefficient (Wildman–Crippen LogP) is 11.5. The van der Waals surface area contributed by atoms with Gasteiger partial charge in [-0.3, -0.25) is 14.7 Å². The highest BCUT2D eigenvalue weighted by Crippen LogP contribution is 2.11. The van der Waals surface area contributed by atoms with Crippen molar-refractivity contribution in [1.29, 1.82) is 0 Å². The second kappa shape index (κ2) is 101. The van der Waals surface area contributed by atoms with E-state index in [1.807, 2.05) is 90.4 Å². The topological polar surface area (TPSA) is 304 Å². The lowest BCUT2D eigenvalue weighted by atomic mass is 10.3. The quantitative estimate of drug-likeness (QED) is 0.0553. The van der Waals surface area contributed by atoms with Gasteiger partial charge in [-0.05, 0) is 239 Å². The van der Waals surface area contributed by atoms with Gasteiger partial charge in [0.25, 0.3) is 0 Å². The lowest BCUT2D eigenvalue weighted by molar-refractivity contribution is 0.00964. The van der Waals surface area contributed by atoms with E-state index in [-0.39, 0.29) is 29.8 Å². The molecule has 5 aliphatic rings. The van der Waals surface area contributed by atoms with E-state index >= 15 is 0 Å². The van der Waals surface area contributed by atoms with Gasteiger partial charge in [0.05, 0.1) is 204 Å². The number of likely N-dealkylation sites (N-methyl/N-ethyl adjacent to an activating group) is 5. The first-order valence-electron chi connectivity index (χ1n) is 52.0. The maximum atomic E-state index is 12.0. The molecule has 0 atom stereocenters. The zero-order valence-corrected chi connectivity index (χ0v) is 96.3. The molecule has 0 aromatic carbocycles. The Balaban J connectivity index is -0.000000344. The van der Waals surface area contributed by atoms with Crippen LogP contribution in [0.4, 0.5) is 0 Å². The van der Waals surface area contributed by atoms with Crippen molar-refractivity contribution in [2.45, 2.75) is 293 Å². The van der Waals surface area contributed by atoms with E-state index in [0.29, 0.717) is 154 Å². The Morgan fingerprint density at radius 2 is 0.559 bits per heavy atom. The van der Waals surface area contributed by atoms with Gasteiger partial charge in [0.1, 0.15) is 0 Å². The molecule has 828 valence electrons. The van der Waals surface area contributed by atoms with Crippen molar-refractivity contribution in [2.75, 3.05) is 362 Å². The Morgan fingerprint density at radius 3 is 0.890 bits per heavy atom. The number of sulfonamides is 3. The van der Waals surface area contributed by atoms with E-state index in [1.165, 1.54) is 30.5 Å². The van der Waals surface area contributed by atoms with E-state index in [1.54, 1.807) is 4.31 Å². The molecule has 136 heavy (non-hydrogen) atoms. The normalized spacial score (nSPS) is 15.9. The molecule has 5 heterocycles. The van der Waals surface area contributed by atoms with Gasteiger partial charge in [-0.2, -0.15) is 8.61 Å². The maximum absolute atomic E-state index is 12.0. The largest absolute Gasteiger partial charge is 0.379 e. The first kappa shape index (κ1) is 145.